The number of nitrogens with zero attached hydrogens (tertiary/aromatic N) is 1. The van der Waals surface area contributed by atoms with Crippen LogP contribution in [0.4, 0.5) is 4.79 Å². The lowest BCUT2D eigenvalue weighted by molar-refractivity contribution is -0.139. The summed E-state index contributed by atoms with van der Waals surface area (Å²) < 4.78 is 40.9. The predicted molar refractivity (Wildman–Crippen MR) is 140 cm³/mol. The first-order chi connectivity index (χ1) is 19.0. The lowest BCUT2D eigenvalue weighted by Crippen LogP contribution is -2.48. The maximum Gasteiger partial charge on any atom is 0.408 e. The molecule has 216 valence electrons. The number of nitrogens with one attached hydrogen (secondary N) is 2. The zero-order valence-corrected chi connectivity index (χ0v) is 23.1. The normalized spacial score (nSPS) is 14.7. The highest BCUT2D eigenvalue weighted by atomic mass is 35.5. The van der Waals surface area contributed by atoms with Gasteiger partial charge in [-0.1, -0.05) is 53.5 Å². The Kier molecular flexibility index (Phi) is 11.2. The van der Waals surface area contributed by atoms with Crippen molar-refractivity contribution in [2.24, 2.45) is 0 Å². The molecule has 1 atom stereocenters. The fraction of sp³-hybridized carbons (Fsp3) is 0.333. The number of amides is 1. The number of rotatable bonds is 12. The van der Waals surface area contributed by atoms with E-state index in [2.05, 4.69) is 10.1 Å². The van der Waals surface area contributed by atoms with Crippen LogP contribution >= 0.6 is 23.2 Å². The van der Waals surface area contributed by atoms with Crippen molar-refractivity contribution in [2.75, 3.05) is 32.9 Å². The molecular weight excluding hydrogens is 593 g/mol. The van der Waals surface area contributed by atoms with Crippen LogP contribution in [0.5, 0.6) is 0 Å². The average Bonchev–Trinajstić information content (AvgIpc) is 2.90. The Balaban J connectivity index is 1.66. The third kappa shape index (κ3) is 8.87. The smallest absolute Gasteiger partial charge is 0.408 e. The molecule has 2 aromatic carbocycles. The highest BCUT2D eigenvalue weighted by Gasteiger charge is 2.30. The summed E-state index contributed by atoms with van der Waals surface area (Å²) in [5.74, 6) is -3.63. The molecule has 16 heteroatoms. The summed E-state index contributed by atoms with van der Waals surface area (Å²) in [6, 6.07) is 9.25. The fourth-order valence-electron chi connectivity index (χ4n) is 3.44. The molecule has 1 heterocycles. The van der Waals surface area contributed by atoms with E-state index in [-0.39, 0.29) is 24.7 Å². The molecule has 0 spiro atoms. The van der Waals surface area contributed by atoms with Gasteiger partial charge < -0.3 is 24.6 Å². The van der Waals surface area contributed by atoms with Crippen LogP contribution in [0.15, 0.2) is 47.4 Å². The summed E-state index contributed by atoms with van der Waals surface area (Å²) in [7, 11) is -4.23. The highest BCUT2D eigenvalue weighted by molar-refractivity contribution is 7.89. The number of carboxylic acid groups (broad SMARTS) is 1. The van der Waals surface area contributed by atoms with Gasteiger partial charge in [0.25, 0.3) is 10.0 Å². The van der Waals surface area contributed by atoms with Gasteiger partial charge in [-0.2, -0.15) is 0 Å². The largest absolute Gasteiger partial charge is 0.481 e. The molecule has 3 rings (SSSR count). The Morgan fingerprint density at radius 1 is 1.02 bits per heavy atom. The van der Waals surface area contributed by atoms with Crippen molar-refractivity contribution in [2.45, 2.75) is 24.0 Å². The van der Waals surface area contributed by atoms with E-state index in [1.165, 1.54) is 5.01 Å². The van der Waals surface area contributed by atoms with Crippen LogP contribution in [0.3, 0.4) is 0 Å². The average molecular weight is 618 g/mol. The van der Waals surface area contributed by atoms with Gasteiger partial charge in [-0.15, -0.1) is 4.83 Å². The van der Waals surface area contributed by atoms with Crippen molar-refractivity contribution in [1.82, 2.24) is 15.2 Å². The molecule has 1 aliphatic heterocycles. The second-order valence-electron chi connectivity index (χ2n) is 8.33. The van der Waals surface area contributed by atoms with E-state index in [9.17, 15) is 27.6 Å². The number of Topliss-reactive ketones (excluding diaryl/α,β-unsaturated/α-hetero) is 1. The van der Waals surface area contributed by atoms with Crippen molar-refractivity contribution in [3.05, 3.63) is 63.6 Å². The number of benzene rings is 2. The van der Waals surface area contributed by atoms with Crippen molar-refractivity contribution in [3.8, 4) is 0 Å². The minimum atomic E-state index is -4.23. The SMILES string of the molecule is O=C(O)CC(NC(=O)OCc1ccccc1)C(=O)COC(=O)c1c(Cl)ccc(S(=O)(=O)NN2CCOCC2)c1Cl. The number of morpholine rings is 1. The molecule has 1 fully saturated rings. The molecule has 40 heavy (non-hydrogen) atoms. The van der Waals surface area contributed by atoms with Gasteiger partial charge in [0.15, 0.2) is 12.4 Å². The zero-order valence-electron chi connectivity index (χ0n) is 20.8. The number of hydrogen-bond acceptors (Lipinski definition) is 10. The van der Waals surface area contributed by atoms with E-state index in [4.69, 9.17) is 42.5 Å². The van der Waals surface area contributed by atoms with Crippen molar-refractivity contribution in [3.63, 3.8) is 0 Å². The third-order valence-electron chi connectivity index (χ3n) is 5.43. The number of carboxylic acids is 1. The summed E-state index contributed by atoms with van der Waals surface area (Å²) in [6.07, 6.45) is -1.88. The molecule has 0 saturated carbocycles. The van der Waals surface area contributed by atoms with Crippen LogP contribution in [0.25, 0.3) is 0 Å². The molecule has 3 N–H and O–H groups in total. The lowest BCUT2D eigenvalue weighted by Gasteiger charge is -2.27. The van der Waals surface area contributed by atoms with Gasteiger partial charge in [-0.05, 0) is 17.7 Å². The molecule has 13 nitrogen and oxygen atoms in total. The van der Waals surface area contributed by atoms with Crippen molar-refractivity contribution in [1.29, 1.82) is 0 Å². The molecule has 0 bridgehead atoms. The number of esters is 1. The summed E-state index contributed by atoms with van der Waals surface area (Å²) in [5.41, 5.74) is 0.136. The Morgan fingerprint density at radius 3 is 2.35 bits per heavy atom. The Morgan fingerprint density at radius 2 is 1.70 bits per heavy atom. The molecule has 1 unspecified atom stereocenters. The van der Waals surface area contributed by atoms with Gasteiger partial charge in [0, 0.05) is 13.1 Å². The van der Waals surface area contributed by atoms with Crippen LogP contribution in [-0.4, -0.2) is 81.3 Å². The number of alkyl carbamates (subject to hydrolysis) is 1. The third-order valence-corrected chi connectivity index (χ3v) is 7.66. The number of ketones is 1. The number of carbonyl (C=O) groups is 4. The number of aliphatic carboxylic acids is 1. The van der Waals surface area contributed by atoms with Crippen LogP contribution in [0.1, 0.15) is 22.3 Å². The predicted octanol–water partition coefficient (Wildman–Crippen LogP) is 2.01. The minimum absolute atomic E-state index is 0.133. The maximum absolute atomic E-state index is 12.9. The molecule has 2 aromatic rings. The quantitative estimate of drug-likeness (QED) is 0.297. The minimum Gasteiger partial charge on any atom is -0.481 e. The van der Waals surface area contributed by atoms with Gasteiger partial charge in [0.05, 0.1) is 35.2 Å². The number of hydrogen-bond donors (Lipinski definition) is 3. The Labute approximate surface area is 239 Å². The molecule has 1 saturated heterocycles. The van der Waals surface area contributed by atoms with Crippen LogP contribution in [0, 0.1) is 0 Å². The number of ether oxygens (including phenoxy) is 3. The molecule has 1 aliphatic rings. The lowest BCUT2D eigenvalue weighted by atomic mass is 10.1. The van der Waals surface area contributed by atoms with E-state index >= 15 is 0 Å². The van der Waals surface area contributed by atoms with Crippen molar-refractivity contribution >= 4 is 57.0 Å². The van der Waals surface area contributed by atoms with E-state index < -0.39 is 68.4 Å². The monoisotopic (exact) mass is 617 g/mol. The second kappa shape index (κ2) is 14.4. The standard InChI is InChI=1S/C24H25Cl2N3O10S/c25-16-6-7-19(40(35,36)28-29-8-10-37-11-9-29)22(26)21(16)23(33)38-14-18(30)17(12-20(31)32)27-24(34)39-13-15-4-2-1-3-5-15/h1-7,17,28H,8-14H2,(H,27,34)(H,31,32). The van der Waals surface area contributed by atoms with Crippen LogP contribution in [0.2, 0.25) is 10.0 Å². The van der Waals surface area contributed by atoms with E-state index in [0.29, 0.717) is 18.8 Å². The molecular formula is C24H25Cl2N3O10S. The van der Waals surface area contributed by atoms with Gasteiger partial charge >= 0.3 is 18.0 Å². The van der Waals surface area contributed by atoms with Gasteiger partial charge in [0.2, 0.25) is 0 Å². The first-order valence-corrected chi connectivity index (χ1v) is 13.9. The molecule has 0 aromatic heterocycles. The van der Waals surface area contributed by atoms with Gasteiger partial charge in [0.1, 0.15) is 17.5 Å². The Bertz CT molecular complexity index is 1350. The zero-order chi connectivity index (χ0) is 29.3. The van der Waals surface area contributed by atoms with E-state index in [0.717, 1.165) is 12.1 Å². The van der Waals surface area contributed by atoms with Crippen LogP contribution < -0.4 is 10.1 Å². The van der Waals surface area contributed by atoms with Gasteiger partial charge in [-0.3, -0.25) is 9.59 Å². The molecule has 0 radical (unpaired) electrons. The van der Waals surface area contributed by atoms with E-state index in [1.54, 1.807) is 30.3 Å². The fourth-order valence-corrected chi connectivity index (χ4v) is 5.47. The summed E-state index contributed by atoms with van der Waals surface area (Å²) >= 11 is 12.3. The van der Waals surface area contributed by atoms with E-state index in [1.807, 2.05) is 0 Å². The van der Waals surface area contributed by atoms with Crippen LogP contribution in [-0.2, 0) is 40.4 Å². The number of carbonyl (C=O) groups excluding carboxylic acids is 3. The molecule has 1 amide bonds. The number of halogens is 2. The van der Waals surface area contributed by atoms with Gasteiger partial charge in [-0.25, -0.2) is 23.0 Å². The second-order valence-corrected chi connectivity index (χ2v) is 10.7. The summed E-state index contributed by atoms with van der Waals surface area (Å²) in [5, 5.41) is 11.9. The summed E-state index contributed by atoms with van der Waals surface area (Å²) in [4.78, 5) is 50.7. The first kappa shape index (κ1) is 31.3. The number of hydrazine groups is 1. The van der Waals surface area contributed by atoms with Crippen molar-refractivity contribution < 1.29 is 46.9 Å². The molecule has 0 aliphatic carbocycles. The highest BCUT2D eigenvalue weighted by Crippen LogP contribution is 2.32. The number of sulfonamides is 1. The summed E-state index contributed by atoms with van der Waals surface area (Å²) in [6.45, 7) is 0.0766. The maximum atomic E-state index is 12.9. The topological polar surface area (TPSA) is 178 Å². The first-order valence-electron chi connectivity index (χ1n) is 11.7. The Hall–Kier alpha value is -3.27.